The summed E-state index contributed by atoms with van der Waals surface area (Å²) in [6.45, 7) is 3.41. The summed E-state index contributed by atoms with van der Waals surface area (Å²) >= 11 is 11.9. The third-order valence-electron chi connectivity index (χ3n) is 4.02. The van der Waals surface area contributed by atoms with Gasteiger partial charge in [0.15, 0.2) is 6.61 Å². The van der Waals surface area contributed by atoms with E-state index in [4.69, 9.17) is 27.9 Å². The van der Waals surface area contributed by atoms with E-state index in [0.717, 1.165) is 11.1 Å². The quantitative estimate of drug-likeness (QED) is 0.642. The van der Waals surface area contributed by atoms with Gasteiger partial charge in [-0.2, -0.15) is 0 Å². The first-order valence-corrected chi connectivity index (χ1v) is 9.29. The normalized spacial score (nSPS) is 10.3. The van der Waals surface area contributed by atoms with Crippen LogP contribution in [-0.2, 0) is 19.1 Å². The Morgan fingerprint density at radius 1 is 0.893 bits per heavy atom. The molecule has 2 rings (SSSR count). The molecule has 0 aliphatic heterocycles. The largest absolute Gasteiger partial charge is 0.456 e. The Kier molecular flexibility index (Phi) is 7.84. The van der Waals surface area contributed by atoms with Crippen LogP contribution in [0.5, 0.6) is 0 Å². The van der Waals surface area contributed by atoms with Crippen LogP contribution >= 0.6 is 23.2 Å². The molecule has 28 heavy (non-hydrogen) atoms. The maximum Gasteiger partial charge on any atom is 0.306 e. The topological polar surface area (TPSA) is 84.5 Å². The van der Waals surface area contributed by atoms with Crippen LogP contribution in [0.1, 0.15) is 24.0 Å². The Bertz CT molecular complexity index is 828. The molecular formula is C20H20Cl2N2O4. The summed E-state index contributed by atoms with van der Waals surface area (Å²) in [5, 5.41) is 5.80. The Hall–Kier alpha value is -2.57. The molecule has 0 fully saturated rings. The first-order valence-electron chi connectivity index (χ1n) is 8.53. The maximum atomic E-state index is 11.9. The first-order chi connectivity index (χ1) is 13.3. The number of carbonyl (C=O) groups is 3. The third kappa shape index (κ3) is 6.25. The maximum absolute atomic E-state index is 11.9. The number of esters is 1. The third-order valence-corrected chi connectivity index (χ3v) is 4.84. The first kappa shape index (κ1) is 21.7. The van der Waals surface area contributed by atoms with Crippen LogP contribution in [0.4, 0.5) is 11.4 Å². The Morgan fingerprint density at radius 3 is 2.29 bits per heavy atom. The van der Waals surface area contributed by atoms with Gasteiger partial charge in [0, 0.05) is 12.1 Å². The van der Waals surface area contributed by atoms with E-state index < -0.39 is 24.4 Å². The highest BCUT2D eigenvalue weighted by molar-refractivity contribution is 6.44. The van der Waals surface area contributed by atoms with Gasteiger partial charge < -0.3 is 15.4 Å². The van der Waals surface area contributed by atoms with Gasteiger partial charge in [0.2, 0.25) is 5.91 Å². The number of hydrogen-bond acceptors (Lipinski definition) is 4. The summed E-state index contributed by atoms with van der Waals surface area (Å²) in [5.74, 6) is -1.51. The molecule has 0 saturated carbocycles. The second kappa shape index (κ2) is 10.1. The molecule has 0 heterocycles. The van der Waals surface area contributed by atoms with Crippen molar-refractivity contribution in [1.29, 1.82) is 0 Å². The van der Waals surface area contributed by atoms with E-state index in [-0.39, 0.29) is 17.9 Å². The fourth-order valence-corrected chi connectivity index (χ4v) is 2.67. The predicted octanol–water partition coefficient (Wildman–Crippen LogP) is 4.51. The van der Waals surface area contributed by atoms with Crippen molar-refractivity contribution in [3.63, 3.8) is 0 Å². The molecule has 0 bridgehead atoms. The van der Waals surface area contributed by atoms with Crippen LogP contribution in [0, 0.1) is 13.8 Å². The van der Waals surface area contributed by atoms with E-state index in [9.17, 15) is 14.4 Å². The van der Waals surface area contributed by atoms with Crippen molar-refractivity contribution < 1.29 is 19.1 Å². The second-order valence-corrected chi connectivity index (χ2v) is 6.89. The summed E-state index contributed by atoms with van der Waals surface area (Å²) < 4.78 is 4.91. The van der Waals surface area contributed by atoms with Crippen LogP contribution < -0.4 is 10.6 Å². The number of benzene rings is 2. The Morgan fingerprint density at radius 2 is 1.54 bits per heavy atom. The highest BCUT2D eigenvalue weighted by atomic mass is 35.5. The lowest BCUT2D eigenvalue weighted by molar-refractivity contribution is -0.147. The van der Waals surface area contributed by atoms with E-state index in [1.165, 1.54) is 0 Å². The molecule has 2 aromatic rings. The minimum Gasteiger partial charge on any atom is -0.456 e. The summed E-state index contributed by atoms with van der Waals surface area (Å²) in [5.41, 5.74) is 3.01. The van der Waals surface area contributed by atoms with Gasteiger partial charge in [-0.3, -0.25) is 14.4 Å². The molecule has 0 saturated heterocycles. The van der Waals surface area contributed by atoms with Gasteiger partial charge in [0.1, 0.15) is 0 Å². The van der Waals surface area contributed by atoms with Gasteiger partial charge >= 0.3 is 5.97 Å². The molecule has 6 nitrogen and oxygen atoms in total. The summed E-state index contributed by atoms with van der Waals surface area (Å²) in [6.07, 6.45) is -0.277. The lowest BCUT2D eigenvalue weighted by Crippen LogP contribution is -2.22. The Balaban J connectivity index is 1.75. The standard InChI is InChI=1S/C20H20Cl2N2O4/c1-12-5-3-7-15(13(12)2)23-18(26)11-28-19(27)10-9-17(25)24-16-8-4-6-14(21)20(16)22/h3-8H,9-11H2,1-2H3,(H,23,26)(H,24,25). The molecular weight excluding hydrogens is 403 g/mol. The molecule has 8 heteroatoms. The molecule has 148 valence electrons. The molecule has 0 aromatic heterocycles. The fraction of sp³-hybridized carbons (Fsp3) is 0.250. The van der Waals surface area contributed by atoms with Gasteiger partial charge in [-0.15, -0.1) is 0 Å². The van der Waals surface area contributed by atoms with Crippen molar-refractivity contribution in [2.75, 3.05) is 17.2 Å². The van der Waals surface area contributed by atoms with Crippen molar-refractivity contribution >= 4 is 52.4 Å². The number of ether oxygens (including phenoxy) is 1. The van der Waals surface area contributed by atoms with Gasteiger partial charge in [-0.05, 0) is 43.2 Å². The van der Waals surface area contributed by atoms with Crippen LogP contribution in [-0.4, -0.2) is 24.4 Å². The SMILES string of the molecule is Cc1cccc(NC(=O)COC(=O)CCC(=O)Nc2cccc(Cl)c2Cl)c1C. The van der Waals surface area contributed by atoms with Gasteiger partial charge in [-0.25, -0.2) is 0 Å². The molecule has 2 aromatic carbocycles. The molecule has 2 N–H and O–H groups in total. The monoisotopic (exact) mass is 422 g/mol. The van der Waals surface area contributed by atoms with Crippen LogP contribution in [0.25, 0.3) is 0 Å². The number of carbonyl (C=O) groups excluding carboxylic acids is 3. The summed E-state index contributed by atoms with van der Waals surface area (Å²) in [6, 6.07) is 10.4. The van der Waals surface area contributed by atoms with Gasteiger partial charge in [0.25, 0.3) is 5.91 Å². The zero-order valence-electron chi connectivity index (χ0n) is 15.5. The predicted molar refractivity (Wildman–Crippen MR) is 110 cm³/mol. The van der Waals surface area contributed by atoms with Crippen molar-refractivity contribution in [2.24, 2.45) is 0 Å². The highest BCUT2D eigenvalue weighted by Crippen LogP contribution is 2.29. The van der Waals surface area contributed by atoms with E-state index in [1.54, 1.807) is 24.3 Å². The van der Waals surface area contributed by atoms with Crippen LogP contribution in [0.2, 0.25) is 10.0 Å². The summed E-state index contributed by atoms with van der Waals surface area (Å²) in [7, 11) is 0. The molecule has 0 atom stereocenters. The average Bonchev–Trinajstić information content (AvgIpc) is 2.66. The second-order valence-electron chi connectivity index (χ2n) is 6.11. The molecule has 0 radical (unpaired) electrons. The zero-order chi connectivity index (χ0) is 20.7. The van der Waals surface area contributed by atoms with Gasteiger partial charge in [0.05, 0.1) is 22.2 Å². The van der Waals surface area contributed by atoms with Crippen molar-refractivity contribution in [3.8, 4) is 0 Å². The van der Waals surface area contributed by atoms with Crippen LogP contribution in [0.3, 0.4) is 0 Å². The van der Waals surface area contributed by atoms with E-state index in [1.807, 2.05) is 26.0 Å². The number of halogens is 2. The average molecular weight is 423 g/mol. The number of amides is 2. The zero-order valence-corrected chi connectivity index (χ0v) is 17.0. The van der Waals surface area contributed by atoms with E-state index >= 15 is 0 Å². The Labute approximate surface area is 173 Å². The van der Waals surface area contributed by atoms with E-state index in [0.29, 0.717) is 16.4 Å². The molecule has 0 spiro atoms. The lowest BCUT2D eigenvalue weighted by atomic mass is 10.1. The molecule has 0 unspecified atom stereocenters. The number of hydrogen-bond donors (Lipinski definition) is 2. The molecule has 0 aliphatic carbocycles. The highest BCUT2D eigenvalue weighted by Gasteiger charge is 2.13. The fourth-order valence-electron chi connectivity index (χ4n) is 2.32. The number of aryl methyl sites for hydroxylation is 1. The smallest absolute Gasteiger partial charge is 0.306 e. The van der Waals surface area contributed by atoms with E-state index in [2.05, 4.69) is 10.6 Å². The summed E-state index contributed by atoms with van der Waals surface area (Å²) in [4.78, 5) is 35.6. The lowest BCUT2D eigenvalue weighted by Gasteiger charge is -2.11. The minimum atomic E-state index is -0.650. The van der Waals surface area contributed by atoms with Crippen molar-refractivity contribution in [3.05, 3.63) is 57.6 Å². The van der Waals surface area contributed by atoms with Crippen LogP contribution in [0.15, 0.2) is 36.4 Å². The van der Waals surface area contributed by atoms with Crippen molar-refractivity contribution in [2.45, 2.75) is 26.7 Å². The number of nitrogens with one attached hydrogen (secondary N) is 2. The van der Waals surface area contributed by atoms with Crippen molar-refractivity contribution in [1.82, 2.24) is 0 Å². The van der Waals surface area contributed by atoms with Gasteiger partial charge in [-0.1, -0.05) is 41.4 Å². The minimum absolute atomic E-state index is 0.111. The number of rotatable bonds is 7. The molecule has 2 amide bonds. The number of anilines is 2. The molecule has 0 aliphatic rings.